The zero-order chi connectivity index (χ0) is 9.14. The summed E-state index contributed by atoms with van der Waals surface area (Å²) in [6.07, 6.45) is 1.85. The number of hydrogen-bond donors (Lipinski definition) is 0. The SMILES string of the molecule is Cc1ncccc1C(C)C(C)C. The Bertz CT molecular complexity index is 253. The highest BCUT2D eigenvalue weighted by atomic mass is 14.7. The van der Waals surface area contributed by atoms with E-state index in [-0.39, 0.29) is 0 Å². The van der Waals surface area contributed by atoms with Gasteiger partial charge in [0.25, 0.3) is 0 Å². The van der Waals surface area contributed by atoms with Crippen molar-refractivity contribution in [2.75, 3.05) is 0 Å². The van der Waals surface area contributed by atoms with Crippen LogP contribution < -0.4 is 0 Å². The molecule has 1 aromatic heterocycles. The molecule has 0 aliphatic carbocycles. The quantitative estimate of drug-likeness (QED) is 0.652. The first-order chi connectivity index (χ1) is 5.63. The Balaban J connectivity index is 2.94. The van der Waals surface area contributed by atoms with Crippen LogP contribution in [0.5, 0.6) is 0 Å². The molecule has 0 saturated carbocycles. The third kappa shape index (κ3) is 1.84. The van der Waals surface area contributed by atoms with Gasteiger partial charge in [-0.15, -0.1) is 0 Å². The minimum atomic E-state index is 0.610. The van der Waals surface area contributed by atoms with Crippen LogP contribution in [-0.4, -0.2) is 4.98 Å². The largest absolute Gasteiger partial charge is 0.261 e. The zero-order valence-corrected chi connectivity index (χ0v) is 8.33. The van der Waals surface area contributed by atoms with E-state index in [4.69, 9.17) is 0 Å². The first-order valence-electron chi connectivity index (χ1n) is 4.54. The molecule has 1 heteroatoms. The van der Waals surface area contributed by atoms with Gasteiger partial charge < -0.3 is 0 Å². The summed E-state index contributed by atoms with van der Waals surface area (Å²) in [5.74, 6) is 1.30. The van der Waals surface area contributed by atoms with Crippen LogP contribution in [0.3, 0.4) is 0 Å². The van der Waals surface area contributed by atoms with E-state index in [1.165, 1.54) is 11.3 Å². The average Bonchev–Trinajstić information content (AvgIpc) is 2.04. The lowest BCUT2D eigenvalue weighted by Gasteiger charge is -2.17. The van der Waals surface area contributed by atoms with E-state index in [1.54, 1.807) is 0 Å². The molecule has 0 radical (unpaired) electrons. The first kappa shape index (κ1) is 9.24. The molecule has 0 fully saturated rings. The summed E-state index contributed by atoms with van der Waals surface area (Å²) in [7, 11) is 0. The molecule has 1 rings (SSSR count). The highest BCUT2D eigenvalue weighted by Crippen LogP contribution is 2.24. The van der Waals surface area contributed by atoms with E-state index in [0.29, 0.717) is 11.8 Å². The van der Waals surface area contributed by atoms with Gasteiger partial charge in [-0.05, 0) is 30.4 Å². The van der Waals surface area contributed by atoms with Crippen LogP contribution in [0.25, 0.3) is 0 Å². The summed E-state index contributed by atoms with van der Waals surface area (Å²) in [6.45, 7) is 8.83. The van der Waals surface area contributed by atoms with Gasteiger partial charge in [0.05, 0.1) is 0 Å². The second-order valence-corrected chi connectivity index (χ2v) is 3.71. The fraction of sp³-hybridized carbons (Fsp3) is 0.545. The predicted octanol–water partition coefficient (Wildman–Crippen LogP) is 3.15. The summed E-state index contributed by atoms with van der Waals surface area (Å²) in [5, 5.41) is 0. The Kier molecular flexibility index (Phi) is 2.85. The van der Waals surface area contributed by atoms with Crippen molar-refractivity contribution in [3.05, 3.63) is 29.6 Å². The number of pyridine rings is 1. The van der Waals surface area contributed by atoms with Crippen LogP contribution in [-0.2, 0) is 0 Å². The molecule has 1 atom stereocenters. The molecule has 0 amide bonds. The van der Waals surface area contributed by atoms with Crippen molar-refractivity contribution in [1.82, 2.24) is 4.98 Å². The Morgan fingerprint density at radius 1 is 1.25 bits per heavy atom. The number of rotatable bonds is 2. The summed E-state index contributed by atoms with van der Waals surface area (Å²) in [6, 6.07) is 4.19. The molecule has 0 spiro atoms. The van der Waals surface area contributed by atoms with Crippen LogP contribution in [0.15, 0.2) is 18.3 Å². The van der Waals surface area contributed by atoms with Gasteiger partial charge in [-0.25, -0.2) is 0 Å². The minimum absolute atomic E-state index is 0.610. The Morgan fingerprint density at radius 3 is 2.42 bits per heavy atom. The van der Waals surface area contributed by atoms with Crippen molar-refractivity contribution < 1.29 is 0 Å². The number of hydrogen-bond acceptors (Lipinski definition) is 1. The molecule has 1 aromatic rings. The summed E-state index contributed by atoms with van der Waals surface area (Å²) < 4.78 is 0. The standard InChI is InChI=1S/C11H17N/c1-8(2)9(3)11-6-5-7-12-10(11)4/h5-9H,1-4H3. The highest BCUT2D eigenvalue weighted by Gasteiger charge is 2.11. The van der Waals surface area contributed by atoms with Gasteiger partial charge in [0, 0.05) is 11.9 Å². The summed E-state index contributed by atoms with van der Waals surface area (Å²) >= 11 is 0. The summed E-state index contributed by atoms with van der Waals surface area (Å²) in [4.78, 5) is 4.28. The van der Waals surface area contributed by atoms with Crippen molar-refractivity contribution >= 4 is 0 Å². The molecule has 12 heavy (non-hydrogen) atoms. The molecular weight excluding hydrogens is 146 g/mol. The van der Waals surface area contributed by atoms with Gasteiger partial charge in [0.1, 0.15) is 0 Å². The molecule has 0 aliphatic rings. The van der Waals surface area contributed by atoms with Crippen LogP contribution in [0.1, 0.15) is 37.9 Å². The molecule has 0 aliphatic heterocycles. The number of aryl methyl sites for hydroxylation is 1. The third-order valence-corrected chi connectivity index (χ3v) is 2.54. The van der Waals surface area contributed by atoms with Gasteiger partial charge in [-0.1, -0.05) is 26.8 Å². The maximum Gasteiger partial charge on any atom is 0.0407 e. The van der Waals surface area contributed by atoms with E-state index in [0.717, 1.165) is 0 Å². The van der Waals surface area contributed by atoms with E-state index < -0.39 is 0 Å². The maximum atomic E-state index is 4.28. The normalized spacial score (nSPS) is 13.4. The van der Waals surface area contributed by atoms with E-state index in [2.05, 4.69) is 38.7 Å². The first-order valence-corrected chi connectivity index (χ1v) is 4.54. The molecule has 0 N–H and O–H groups in total. The third-order valence-electron chi connectivity index (χ3n) is 2.54. The lowest BCUT2D eigenvalue weighted by molar-refractivity contribution is 0.531. The van der Waals surface area contributed by atoms with Crippen LogP contribution in [0.4, 0.5) is 0 Å². The minimum Gasteiger partial charge on any atom is -0.261 e. The van der Waals surface area contributed by atoms with Gasteiger partial charge in [-0.2, -0.15) is 0 Å². The fourth-order valence-electron chi connectivity index (χ4n) is 1.34. The second-order valence-electron chi connectivity index (χ2n) is 3.71. The van der Waals surface area contributed by atoms with E-state index in [9.17, 15) is 0 Å². The fourth-order valence-corrected chi connectivity index (χ4v) is 1.34. The van der Waals surface area contributed by atoms with Crippen LogP contribution in [0.2, 0.25) is 0 Å². The maximum absolute atomic E-state index is 4.28. The number of aromatic nitrogens is 1. The Hall–Kier alpha value is -0.850. The molecule has 66 valence electrons. The van der Waals surface area contributed by atoms with Crippen molar-refractivity contribution in [3.8, 4) is 0 Å². The predicted molar refractivity (Wildman–Crippen MR) is 52.2 cm³/mol. The van der Waals surface area contributed by atoms with Crippen molar-refractivity contribution in [1.29, 1.82) is 0 Å². The highest BCUT2D eigenvalue weighted by molar-refractivity contribution is 5.22. The van der Waals surface area contributed by atoms with Crippen LogP contribution in [0, 0.1) is 12.8 Å². The van der Waals surface area contributed by atoms with E-state index in [1.807, 2.05) is 12.3 Å². The smallest absolute Gasteiger partial charge is 0.0407 e. The lowest BCUT2D eigenvalue weighted by Crippen LogP contribution is -2.04. The monoisotopic (exact) mass is 163 g/mol. The molecule has 0 aromatic carbocycles. The lowest BCUT2D eigenvalue weighted by atomic mass is 9.90. The van der Waals surface area contributed by atoms with Gasteiger partial charge in [-0.3, -0.25) is 4.98 Å². The Morgan fingerprint density at radius 2 is 1.92 bits per heavy atom. The molecular formula is C11H17N. The number of nitrogens with zero attached hydrogens (tertiary/aromatic N) is 1. The van der Waals surface area contributed by atoms with Crippen LogP contribution >= 0.6 is 0 Å². The molecule has 1 nitrogen and oxygen atoms in total. The molecule has 1 unspecified atom stereocenters. The van der Waals surface area contributed by atoms with Crippen molar-refractivity contribution in [3.63, 3.8) is 0 Å². The van der Waals surface area contributed by atoms with Crippen molar-refractivity contribution in [2.24, 2.45) is 5.92 Å². The topological polar surface area (TPSA) is 12.9 Å². The Labute approximate surface area is 74.8 Å². The van der Waals surface area contributed by atoms with Gasteiger partial charge in [0.15, 0.2) is 0 Å². The van der Waals surface area contributed by atoms with Crippen molar-refractivity contribution in [2.45, 2.75) is 33.6 Å². The molecule has 0 bridgehead atoms. The average molecular weight is 163 g/mol. The van der Waals surface area contributed by atoms with Gasteiger partial charge in [0.2, 0.25) is 0 Å². The van der Waals surface area contributed by atoms with E-state index >= 15 is 0 Å². The zero-order valence-electron chi connectivity index (χ0n) is 8.33. The van der Waals surface area contributed by atoms with Gasteiger partial charge >= 0.3 is 0 Å². The molecule has 0 saturated heterocycles. The summed E-state index contributed by atoms with van der Waals surface area (Å²) in [5.41, 5.74) is 2.55. The molecule has 1 heterocycles. The second kappa shape index (κ2) is 3.70.